The van der Waals surface area contributed by atoms with Crippen molar-refractivity contribution in [3.05, 3.63) is 0 Å². The van der Waals surface area contributed by atoms with E-state index in [2.05, 4.69) is 0 Å². The molecule has 90 valence electrons. The molecule has 4 aliphatic carbocycles. The molecule has 16 heavy (non-hydrogen) atoms. The van der Waals surface area contributed by atoms with E-state index >= 15 is 0 Å². The Bertz CT molecular complexity index is 423. The summed E-state index contributed by atoms with van der Waals surface area (Å²) in [6, 6.07) is 0. The van der Waals surface area contributed by atoms with Gasteiger partial charge in [0, 0.05) is 26.4 Å². The third-order valence-electron chi connectivity index (χ3n) is 4.52. The minimum absolute atomic E-state index is 0.106. The maximum absolute atomic E-state index is 8.26. The maximum Gasteiger partial charge on any atom is 0.125 e. The van der Waals surface area contributed by atoms with Crippen molar-refractivity contribution in [1.29, 1.82) is 0 Å². The smallest absolute Gasteiger partial charge is 0.101 e. The molecule has 4 saturated carbocycles. The zero-order valence-electron chi connectivity index (χ0n) is 9.73. The first-order valence-electron chi connectivity index (χ1n) is 6.11. The molecule has 0 spiro atoms. The lowest BCUT2D eigenvalue weighted by molar-refractivity contribution is 0.569. The van der Waals surface area contributed by atoms with Gasteiger partial charge in [0.2, 0.25) is 0 Å². The van der Waals surface area contributed by atoms with E-state index in [1.807, 2.05) is 0 Å². The van der Waals surface area contributed by atoms with E-state index in [1.165, 1.54) is 0 Å². The van der Waals surface area contributed by atoms with Gasteiger partial charge in [-0.05, 0) is 18.2 Å². The van der Waals surface area contributed by atoms with Gasteiger partial charge < -0.3 is 0 Å². The molecule has 0 aromatic rings. The van der Waals surface area contributed by atoms with E-state index in [0.29, 0.717) is 0 Å². The van der Waals surface area contributed by atoms with Crippen molar-refractivity contribution in [2.75, 3.05) is 0 Å². The summed E-state index contributed by atoms with van der Waals surface area (Å²) in [5.41, 5.74) is 0. The number of fused-ring (bicyclic) bond motifs is 5. The highest BCUT2D eigenvalue weighted by atomic mass is 35.5. The zero-order valence-corrected chi connectivity index (χ0v) is 12.3. The molecule has 0 aromatic carbocycles. The van der Waals surface area contributed by atoms with Crippen molar-refractivity contribution in [2.45, 2.75) is 19.4 Å². The van der Waals surface area contributed by atoms with Crippen LogP contribution in [-0.4, -0.2) is 13.0 Å². The summed E-state index contributed by atoms with van der Waals surface area (Å²) in [6.45, 7) is 0. The number of halogens is 6. The minimum atomic E-state index is -1.57. The third kappa shape index (κ3) is 1.10. The van der Waals surface area contributed by atoms with Crippen molar-refractivity contribution in [1.82, 2.24) is 0 Å². The molecule has 0 amide bonds. The zero-order chi connectivity index (χ0) is 13.5. The van der Waals surface area contributed by atoms with E-state index in [9.17, 15) is 0 Å². The first-order valence-corrected chi connectivity index (χ1v) is 7.38. The van der Waals surface area contributed by atoms with Gasteiger partial charge in [-0.3, -0.25) is 0 Å². The Morgan fingerprint density at radius 3 is 1.44 bits per heavy atom. The van der Waals surface area contributed by atoms with Gasteiger partial charge in [0.05, 0.1) is 0 Å². The Morgan fingerprint density at radius 1 is 0.688 bits per heavy atom. The summed E-state index contributed by atoms with van der Waals surface area (Å²) in [6.07, 6.45) is -1.57. The topological polar surface area (TPSA) is 0 Å². The van der Waals surface area contributed by atoms with Gasteiger partial charge in [-0.25, -0.2) is 0 Å². The van der Waals surface area contributed by atoms with Crippen LogP contribution in [0.4, 0.5) is 0 Å². The largest absolute Gasteiger partial charge is 0.125 e. The lowest BCUT2D eigenvalue weighted by atomic mass is 10.1. The highest BCUT2D eigenvalue weighted by Gasteiger charge is 2.88. The second kappa shape index (κ2) is 2.76. The maximum atomic E-state index is 8.26. The van der Waals surface area contributed by atoms with Crippen LogP contribution in [0.2, 0.25) is 0 Å². The van der Waals surface area contributed by atoms with Gasteiger partial charge in [0.15, 0.2) is 0 Å². The Labute approximate surface area is 127 Å². The molecule has 0 saturated heterocycles. The summed E-state index contributed by atoms with van der Waals surface area (Å²) >= 11 is 37.4. The molecule has 0 aromatic heterocycles. The second-order valence-electron chi connectivity index (χ2n) is 5.25. The first kappa shape index (κ1) is 9.61. The van der Waals surface area contributed by atoms with Gasteiger partial charge in [0.1, 0.15) is 13.0 Å². The predicted molar refractivity (Wildman–Crippen MR) is 68.9 cm³/mol. The Balaban J connectivity index is 1.82. The number of hydrogen-bond acceptors (Lipinski definition) is 0. The summed E-state index contributed by atoms with van der Waals surface area (Å²) in [5, 5.41) is 0. The molecule has 0 bridgehead atoms. The van der Waals surface area contributed by atoms with E-state index < -0.39 is 31.2 Å². The van der Waals surface area contributed by atoms with Gasteiger partial charge in [-0.1, -0.05) is 0 Å². The standard InChI is InChI=1S/C10H8Cl6/c11-8(12)2-1-3-5(9(3,13)14)7-6(4(2)8)10(7,15)16/h2-7H,1H2/i1D2. The van der Waals surface area contributed by atoms with Crippen LogP contribution in [0.3, 0.4) is 0 Å². The average molecular weight is 343 g/mol. The SMILES string of the molecule is [2H]C1([2H])C2C(C3C(C4C1C4(Cl)Cl)C3(Cl)Cl)C2(Cl)Cl. The van der Waals surface area contributed by atoms with E-state index in [1.54, 1.807) is 0 Å². The van der Waals surface area contributed by atoms with Crippen LogP contribution >= 0.6 is 69.6 Å². The number of hydrogen-bond donors (Lipinski definition) is 0. The quantitative estimate of drug-likeness (QED) is 0.562. The fraction of sp³-hybridized carbons (Fsp3) is 1.00. The van der Waals surface area contributed by atoms with E-state index in [-0.39, 0.29) is 23.7 Å². The van der Waals surface area contributed by atoms with Crippen LogP contribution in [0, 0.1) is 35.5 Å². The normalized spacial score (nSPS) is 66.1. The van der Waals surface area contributed by atoms with Crippen LogP contribution in [0.1, 0.15) is 9.11 Å². The molecule has 4 fully saturated rings. The van der Waals surface area contributed by atoms with Gasteiger partial charge in [-0.15, -0.1) is 69.6 Å². The molecule has 0 heterocycles. The monoisotopic (exact) mass is 340 g/mol. The van der Waals surface area contributed by atoms with Gasteiger partial charge in [0.25, 0.3) is 0 Å². The van der Waals surface area contributed by atoms with Gasteiger partial charge in [-0.2, -0.15) is 0 Å². The van der Waals surface area contributed by atoms with Crippen LogP contribution in [0.5, 0.6) is 0 Å². The predicted octanol–water partition coefficient (Wildman–Crippen LogP) is 4.65. The molecule has 4 aliphatic rings. The molecule has 0 radical (unpaired) electrons. The lowest BCUT2D eigenvalue weighted by Crippen LogP contribution is -1.98. The molecule has 0 nitrogen and oxygen atoms in total. The number of rotatable bonds is 0. The minimum Gasteiger partial charge on any atom is -0.101 e. The molecular weight excluding hydrogens is 333 g/mol. The first-order chi connectivity index (χ1) is 7.98. The van der Waals surface area contributed by atoms with Crippen molar-refractivity contribution in [3.63, 3.8) is 0 Å². The van der Waals surface area contributed by atoms with Crippen molar-refractivity contribution in [2.24, 2.45) is 35.5 Å². The molecule has 6 atom stereocenters. The Hall–Kier alpha value is 1.74. The number of alkyl halides is 6. The Morgan fingerprint density at radius 2 is 1.06 bits per heavy atom. The highest BCUT2D eigenvalue weighted by Crippen LogP contribution is 2.87. The summed E-state index contributed by atoms with van der Waals surface area (Å²) in [4.78, 5) is 0. The average Bonchev–Trinajstić information content (AvgIpc) is 3.01. The molecule has 4 rings (SSSR count). The molecule has 6 unspecified atom stereocenters. The molecule has 0 aliphatic heterocycles. The summed E-state index contributed by atoms with van der Waals surface area (Å²) < 4.78 is 13.4. The highest BCUT2D eigenvalue weighted by molar-refractivity contribution is 6.55. The summed E-state index contributed by atoms with van der Waals surface area (Å²) in [5.74, 6) is -1.60. The fourth-order valence-corrected chi connectivity index (χ4v) is 6.07. The van der Waals surface area contributed by atoms with Crippen molar-refractivity contribution < 1.29 is 2.74 Å². The van der Waals surface area contributed by atoms with Crippen molar-refractivity contribution >= 4 is 69.6 Å². The lowest BCUT2D eigenvalue weighted by Gasteiger charge is -1.99. The van der Waals surface area contributed by atoms with Crippen LogP contribution in [0.25, 0.3) is 0 Å². The summed E-state index contributed by atoms with van der Waals surface area (Å²) in [7, 11) is 0. The molecular formula is C10H8Cl6. The van der Waals surface area contributed by atoms with Crippen LogP contribution < -0.4 is 0 Å². The molecule has 0 N–H and O–H groups in total. The molecule has 6 heteroatoms. The van der Waals surface area contributed by atoms with E-state index in [0.717, 1.165) is 0 Å². The fourth-order valence-electron chi connectivity index (χ4n) is 3.52. The third-order valence-corrected chi connectivity index (χ3v) is 7.47. The Kier molecular flexibility index (Phi) is 1.66. The van der Waals surface area contributed by atoms with Crippen LogP contribution in [-0.2, 0) is 0 Å². The van der Waals surface area contributed by atoms with Gasteiger partial charge >= 0.3 is 0 Å². The van der Waals surface area contributed by atoms with E-state index in [4.69, 9.17) is 72.3 Å². The van der Waals surface area contributed by atoms with Crippen molar-refractivity contribution in [3.8, 4) is 0 Å². The van der Waals surface area contributed by atoms with Crippen LogP contribution in [0.15, 0.2) is 0 Å². The second-order valence-corrected chi connectivity index (χ2v) is 9.58.